The van der Waals surface area contributed by atoms with Crippen LogP contribution in [0.1, 0.15) is 26.3 Å². The lowest BCUT2D eigenvalue weighted by Gasteiger charge is -2.26. The molecule has 1 rings (SSSR count). The summed E-state index contributed by atoms with van der Waals surface area (Å²) in [6.07, 6.45) is 3.53. The Balaban J connectivity index is 2.63. The van der Waals surface area contributed by atoms with Crippen LogP contribution in [-0.2, 0) is 11.3 Å². The Kier molecular flexibility index (Phi) is 5.78. The molecule has 4 nitrogen and oxygen atoms in total. The lowest BCUT2D eigenvalue weighted by Crippen LogP contribution is -2.34. The van der Waals surface area contributed by atoms with Crippen molar-refractivity contribution >= 4 is 5.97 Å². The summed E-state index contributed by atoms with van der Waals surface area (Å²) in [5, 5.41) is 8.99. The summed E-state index contributed by atoms with van der Waals surface area (Å²) < 4.78 is 0. The van der Waals surface area contributed by atoms with Crippen molar-refractivity contribution in [1.82, 2.24) is 9.88 Å². The van der Waals surface area contributed by atoms with Crippen LogP contribution in [0.25, 0.3) is 0 Å². The van der Waals surface area contributed by atoms with Crippen LogP contribution in [0, 0.1) is 11.8 Å². The highest BCUT2D eigenvalue weighted by atomic mass is 16.4. The van der Waals surface area contributed by atoms with E-state index in [-0.39, 0.29) is 5.92 Å². The van der Waals surface area contributed by atoms with Gasteiger partial charge in [0.2, 0.25) is 0 Å². The third kappa shape index (κ3) is 5.27. The molecular weight excluding hydrogens is 228 g/mol. The Labute approximate surface area is 109 Å². The molecule has 1 heterocycles. The SMILES string of the molecule is CC(C)CN(Cc1ccncc1)CC(C)C(=O)O. The molecule has 0 aromatic carbocycles. The maximum Gasteiger partial charge on any atom is 0.307 e. The smallest absolute Gasteiger partial charge is 0.307 e. The summed E-state index contributed by atoms with van der Waals surface area (Å²) in [5.74, 6) is -0.558. The molecule has 0 bridgehead atoms. The normalized spacial score (nSPS) is 12.9. The molecule has 0 saturated heterocycles. The number of nitrogens with zero attached hydrogens (tertiary/aromatic N) is 2. The van der Waals surface area contributed by atoms with Crippen molar-refractivity contribution in [3.63, 3.8) is 0 Å². The minimum atomic E-state index is -0.738. The number of pyridine rings is 1. The number of carboxylic acids is 1. The summed E-state index contributed by atoms with van der Waals surface area (Å²) in [6, 6.07) is 3.94. The zero-order valence-electron chi connectivity index (χ0n) is 11.3. The largest absolute Gasteiger partial charge is 0.481 e. The van der Waals surface area contributed by atoms with Crippen molar-refractivity contribution < 1.29 is 9.90 Å². The third-order valence-electron chi connectivity index (χ3n) is 2.73. The second-order valence-electron chi connectivity index (χ2n) is 5.18. The van der Waals surface area contributed by atoms with Crippen molar-refractivity contribution in [2.45, 2.75) is 27.3 Å². The predicted octanol–water partition coefficient (Wildman–Crippen LogP) is 2.26. The van der Waals surface area contributed by atoms with E-state index in [4.69, 9.17) is 5.11 Å². The fourth-order valence-electron chi connectivity index (χ4n) is 1.93. The van der Waals surface area contributed by atoms with Gasteiger partial charge in [-0.3, -0.25) is 14.7 Å². The Morgan fingerprint density at radius 1 is 1.28 bits per heavy atom. The molecular formula is C14H22N2O2. The number of aliphatic carboxylic acids is 1. The van der Waals surface area contributed by atoms with E-state index in [0.29, 0.717) is 12.5 Å². The van der Waals surface area contributed by atoms with Crippen LogP contribution in [0.3, 0.4) is 0 Å². The molecule has 100 valence electrons. The Morgan fingerprint density at radius 2 is 1.89 bits per heavy atom. The van der Waals surface area contributed by atoms with E-state index in [1.54, 1.807) is 19.3 Å². The maximum atomic E-state index is 10.9. The van der Waals surface area contributed by atoms with E-state index in [9.17, 15) is 4.79 Å². The highest BCUT2D eigenvalue weighted by Gasteiger charge is 2.17. The molecule has 18 heavy (non-hydrogen) atoms. The molecule has 0 aliphatic heterocycles. The van der Waals surface area contributed by atoms with E-state index in [2.05, 4.69) is 23.7 Å². The maximum absolute atomic E-state index is 10.9. The van der Waals surface area contributed by atoms with Gasteiger partial charge in [0, 0.05) is 32.0 Å². The van der Waals surface area contributed by atoms with Gasteiger partial charge in [-0.1, -0.05) is 20.8 Å². The van der Waals surface area contributed by atoms with Crippen LogP contribution in [0.5, 0.6) is 0 Å². The van der Waals surface area contributed by atoms with Crippen LogP contribution >= 0.6 is 0 Å². The molecule has 0 aliphatic carbocycles. The monoisotopic (exact) mass is 250 g/mol. The van der Waals surface area contributed by atoms with E-state index < -0.39 is 5.97 Å². The number of carbonyl (C=O) groups is 1. The summed E-state index contributed by atoms with van der Waals surface area (Å²) >= 11 is 0. The average molecular weight is 250 g/mol. The van der Waals surface area contributed by atoms with Crippen molar-refractivity contribution in [2.24, 2.45) is 11.8 Å². The quantitative estimate of drug-likeness (QED) is 0.806. The minimum Gasteiger partial charge on any atom is -0.481 e. The van der Waals surface area contributed by atoms with Crippen LogP contribution in [0.4, 0.5) is 0 Å². The van der Waals surface area contributed by atoms with Gasteiger partial charge in [0.25, 0.3) is 0 Å². The predicted molar refractivity (Wildman–Crippen MR) is 71.2 cm³/mol. The summed E-state index contributed by atoms with van der Waals surface area (Å²) in [5.41, 5.74) is 1.17. The highest BCUT2D eigenvalue weighted by molar-refractivity contribution is 5.69. The van der Waals surface area contributed by atoms with Gasteiger partial charge in [-0.05, 0) is 23.6 Å². The van der Waals surface area contributed by atoms with E-state index in [1.165, 1.54) is 5.56 Å². The van der Waals surface area contributed by atoms with Crippen LogP contribution in [0.15, 0.2) is 24.5 Å². The Hall–Kier alpha value is -1.42. The average Bonchev–Trinajstić information content (AvgIpc) is 2.29. The fourth-order valence-corrected chi connectivity index (χ4v) is 1.93. The molecule has 1 N–H and O–H groups in total. The lowest BCUT2D eigenvalue weighted by molar-refractivity contribution is -0.141. The van der Waals surface area contributed by atoms with Crippen LogP contribution < -0.4 is 0 Å². The Morgan fingerprint density at radius 3 is 2.39 bits per heavy atom. The third-order valence-corrected chi connectivity index (χ3v) is 2.73. The minimum absolute atomic E-state index is 0.342. The number of hydrogen-bond donors (Lipinski definition) is 1. The summed E-state index contributed by atoms with van der Waals surface area (Å²) in [7, 11) is 0. The summed E-state index contributed by atoms with van der Waals surface area (Å²) in [4.78, 5) is 17.1. The molecule has 1 aromatic rings. The van der Waals surface area contributed by atoms with Gasteiger partial charge in [0.05, 0.1) is 5.92 Å². The van der Waals surface area contributed by atoms with Crippen LogP contribution in [-0.4, -0.2) is 34.0 Å². The molecule has 0 spiro atoms. The first-order valence-electron chi connectivity index (χ1n) is 6.33. The number of aromatic nitrogens is 1. The molecule has 4 heteroatoms. The summed E-state index contributed by atoms with van der Waals surface area (Å²) in [6.45, 7) is 8.30. The zero-order valence-corrected chi connectivity index (χ0v) is 11.3. The van der Waals surface area contributed by atoms with Gasteiger partial charge in [0.1, 0.15) is 0 Å². The van der Waals surface area contributed by atoms with E-state index >= 15 is 0 Å². The molecule has 1 aromatic heterocycles. The van der Waals surface area contributed by atoms with Crippen LogP contribution in [0.2, 0.25) is 0 Å². The fraction of sp³-hybridized carbons (Fsp3) is 0.571. The lowest BCUT2D eigenvalue weighted by atomic mass is 10.1. The Bertz CT molecular complexity index is 365. The van der Waals surface area contributed by atoms with Gasteiger partial charge in [0.15, 0.2) is 0 Å². The molecule has 0 radical (unpaired) electrons. The molecule has 1 unspecified atom stereocenters. The van der Waals surface area contributed by atoms with Crippen molar-refractivity contribution in [3.05, 3.63) is 30.1 Å². The first kappa shape index (κ1) is 14.6. The first-order chi connectivity index (χ1) is 8.49. The molecule has 0 saturated carbocycles. The van der Waals surface area contributed by atoms with Gasteiger partial charge >= 0.3 is 5.97 Å². The second-order valence-corrected chi connectivity index (χ2v) is 5.18. The molecule has 1 atom stereocenters. The second kappa shape index (κ2) is 7.11. The van der Waals surface area contributed by atoms with E-state index in [0.717, 1.165) is 13.1 Å². The molecule has 0 aliphatic rings. The van der Waals surface area contributed by atoms with Crippen molar-refractivity contribution in [1.29, 1.82) is 0 Å². The number of hydrogen-bond acceptors (Lipinski definition) is 3. The number of carboxylic acid groups (broad SMARTS) is 1. The molecule has 0 amide bonds. The van der Waals surface area contributed by atoms with Gasteiger partial charge in [-0.2, -0.15) is 0 Å². The standard InChI is InChI=1S/C14H22N2O2/c1-11(2)8-16(9-12(3)14(17)18)10-13-4-6-15-7-5-13/h4-7,11-12H,8-10H2,1-3H3,(H,17,18). The van der Waals surface area contributed by atoms with Gasteiger partial charge in [-0.15, -0.1) is 0 Å². The topological polar surface area (TPSA) is 53.4 Å². The highest BCUT2D eigenvalue weighted by Crippen LogP contribution is 2.09. The number of rotatable bonds is 7. The molecule has 0 fully saturated rings. The van der Waals surface area contributed by atoms with Gasteiger partial charge in [-0.25, -0.2) is 0 Å². The van der Waals surface area contributed by atoms with E-state index in [1.807, 2.05) is 12.1 Å². The van der Waals surface area contributed by atoms with Crippen molar-refractivity contribution in [3.8, 4) is 0 Å². The van der Waals surface area contributed by atoms with Gasteiger partial charge < -0.3 is 5.11 Å². The van der Waals surface area contributed by atoms with Crippen molar-refractivity contribution in [2.75, 3.05) is 13.1 Å². The first-order valence-corrected chi connectivity index (χ1v) is 6.33. The zero-order chi connectivity index (χ0) is 13.5.